The highest BCUT2D eigenvalue weighted by Gasteiger charge is 2.34. The van der Waals surface area contributed by atoms with E-state index in [4.69, 9.17) is 11.6 Å². The quantitative estimate of drug-likeness (QED) is 0.223. The van der Waals surface area contributed by atoms with Crippen LogP contribution < -0.4 is 10.6 Å². The van der Waals surface area contributed by atoms with Gasteiger partial charge in [-0.05, 0) is 44.4 Å². The van der Waals surface area contributed by atoms with Crippen molar-refractivity contribution < 1.29 is 13.2 Å². The Morgan fingerprint density at radius 2 is 1.88 bits per heavy atom. The molecule has 0 spiro atoms. The van der Waals surface area contributed by atoms with Crippen molar-refractivity contribution in [3.8, 4) is 6.07 Å². The van der Waals surface area contributed by atoms with Crippen LogP contribution in [-0.4, -0.2) is 37.9 Å². The first-order valence-corrected chi connectivity index (χ1v) is 13.0. The zero-order valence-corrected chi connectivity index (χ0v) is 23.8. The van der Waals surface area contributed by atoms with Crippen LogP contribution in [0, 0.1) is 29.6 Å². The Hall–Kier alpha value is -3.91. The number of nitrogens with one attached hydrogen (secondary N) is 2. The lowest BCUT2D eigenvalue weighted by Gasteiger charge is -2.24. The number of alkyl halides is 2. The number of halogens is 4. The van der Waals surface area contributed by atoms with Gasteiger partial charge in [-0.25, -0.2) is 18.4 Å². The molecule has 1 aromatic carbocycles. The molecule has 0 amide bonds. The number of hydrogen-bond acceptors (Lipinski definition) is 7. The lowest BCUT2D eigenvalue weighted by atomic mass is 9.96. The average molecular weight is 571 g/mol. The van der Waals surface area contributed by atoms with Crippen LogP contribution in [0.25, 0.3) is 10.9 Å². The summed E-state index contributed by atoms with van der Waals surface area (Å²) in [5.41, 5.74) is 1.57. The Kier molecular flexibility index (Phi) is 7.94. The minimum atomic E-state index is -2.69. The van der Waals surface area contributed by atoms with E-state index in [9.17, 15) is 18.4 Å². The van der Waals surface area contributed by atoms with Crippen LogP contribution >= 0.6 is 11.6 Å². The predicted molar refractivity (Wildman–Crippen MR) is 149 cm³/mol. The van der Waals surface area contributed by atoms with Gasteiger partial charge in [-0.15, -0.1) is 5.10 Å². The molecule has 0 saturated heterocycles. The molecule has 0 fully saturated rings. The number of benzene rings is 1. The number of aryl methyl sites for hydroxylation is 1. The predicted octanol–water partition coefficient (Wildman–Crippen LogP) is 6.85. The highest BCUT2D eigenvalue weighted by molar-refractivity contribution is 6.35. The molecule has 0 aliphatic heterocycles. The van der Waals surface area contributed by atoms with Gasteiger partial charge in [0.05, 0.1) is 34.0 Å². The van der Waals surface area contributed by atoms with Crippen LogP contribution in [0.15, 0.2) is 36.7 Å². The Morgan fingerprint density at radius 3 is 2.50 bits per heavy atom. The lowest BCUT2D eigenvalue weighted by Crippen LogP contribution is -2.34. The summed E-state index contributed by atoms with van der Waals surface area (Å²) >= 11 is 6.66. The van der Waals surface area contributed by atoms with Gasteiger partial charge in [0.15, 0.2) is 0 Å². The maximum atomic E-state index is 13.9. The van der Waals surface area contributed by atoms with Crippen LogP contribution in [-0.2, 0) is 5.54 Å². The smallest absolute Gasteiger partial charge is 0.262 e. The minimum absolute atomic E-state index is 0.0714. The summed E-state index contributed by atoms with van der Waals surface area (Å²) in [5.74, 6) is -0.652. The summed E-state index contributed by atoms with van der Waals surface area (Å²) in [6.07, 6.45) is 0.218. The first-order chi connectivity index (χ1) is 18.7. The second-order valence-electron chi connectivity index (χ2n) is 11.4. The van der Waals surface area contributed by atoms with Crippen molar-refractivity contribution in [3.05, 3.63) is 70.1 Å². The van der Waals surface area contributed by atoms with Crippen molar-refractivity contribution in [2.24, 2.45) is 5.41 Å². The van der Waals surface area contributed by atoms with Gasteiger partial charge in [-0.1, -0.05) is 43.7 Å². The van der Waals surface area contributed by atoms with Crippen LogP contribution in [0.2, 0.25) is 5.02 Å². The standard InChI is InChI=1S/C28H30ClF3N8/c1-15-18(7-8-22(30)36-15)25(21-13-40(39-38-21)28(5,6)26(31)32)37-17-9-19-23(35-14-27(2,3)4)16(11-33)12-34-24(19)20(29)10-17/h7-10,12-13,25-26,37H,14H2,1-6H3,(H,34,35)/t25-/m0/s1. The third-order valence-electron chi connectivity index (χ3n) is 6.49. The number of hydrogen-bond donors (Lipinski definition) is 2. The molecule has 0 radical (unpaired) electrons. The molecule has 2 N–H and O–H groups in total. The van der Waals surface area contributed by atoms with Crippen LogP contribution in [0.4, 0.5) is 24.5 Å². The van der Waals surface area contributed by atoms with E-state index in [1.807, 2.05) is 0 Å². The summed E-state index contributed by atoms with van der Waals surface area (Å²) in [6, 6.07) is 7.67. The van der Waals surface area contributed by atoms with Gasteiger partial charge in [0.2, 0.25) is 5.95 Å². The van der Waals surface area contributed by atoms with Crippen molar-refractivity contribution >= 4 is 33.9 Å². The maximum Gasteiger partial charge on any atom is 0.262 e. The van der Waals surface area contributed by atoms with Gasteiger partial charge in [0, 0.05) is 35.1 Å². The summed E-state index contributed by atoms with van der Waals surface area (Å²) in [5, 5.41) is 25.6. The van der Waals surface area contributed by atoms with E-state index < -0.39 is 24.0 Å². The van der Waals surface area contributed by atoms with Gasteiger partial charge in [0.1, 0.15) is 17.3 Å². The molecule has 3 heterocycles. The van der Waals surface area contributed by atoms with Gasteiger partial charge < -0.3 is 10.6 Å². The van der Waals surface area contributed by atoms with E-state index in [2.05, 4.69) is 57.8 Å². The molecule has 210 valence electrons. The molecule has 0 saturated carbocycles. The molecular formula is C28H30ClF3N8. The summed E-state index contributed by atoms with van der Waals surface area (Å²) in [4.78, 5) is 8.33. The van der Waals surface area contributed by atoms with Gasteiger partial charge in [-0.3, -0.25) is 4.98 Å². The Labute approximate surface area is 235 Å². The molecular weight excluding hydrogens is 541 g/mol. The number of nitriles is 1. The van der Waals surface area contributed by atoms with Crippen molar-refractivity contribution in [3.63, 3.8) is 0 Å². The first kappa shape index (κ1) is 29.1. The average Bonchev–Trinajstić information content (AvgIpc) is 3.36. The SMILES string of the molecule is Cc1nc(F)ccc1[C@H](Nc1cc(Cl)c2ncc(C#N)c(NCC(C)(C)C)c2c1)c1cn(C(C)(C)C(F)F)nn1. The number of fused-ring (bicyclic) bond motifs is 1. The normalized spacial score (nSPS) is 12.9. The lowest BCUT2D eigenvalue weighted by molar-refractivity contribution is 0.0191. The van der Waals surface area contributed by atoms with Crippen molar-refractivity contribution in [1.82, 2.24) is 25.0 Å². The number of aromatic nitrogens is 5. The molecule has 0 unspecified atom stereocenters. The molecule has 1 atom stereocenters. The molecule has 40 heavy (non-hydrogen) atoms. The molecule has 0 bridgehead atoms. The van der Waals surface area contributed by atoms with E-state index in [-0.39, 0.29) is 5.41 Å². The fourth-order valence-electron chi connectivity index (χ4n) is 4.09. The molecule has 4 rings (SSSR count). The molecule has 0 aliphatic rings. The third-order valence-corrected chi connectivity index (χ3v) is 6.77. The molecule has 8 nitrogen and oxygen atoms in total. The van der Waals surface area contributed by atoms with Gasteiger partial charge >= 0.3 is 0 Å². The van der Waals surface area contributed by atoms with Crippen LogP contribution in [0.5, 0.6) is 0 Å². The zero-order chi connectivity index (χ0) is 29.4. The Morgan fingerprint density at radius 1 is 1.15 bits per heavy atom. The van der Waals surface area contributed by atoms with E-state index in [1.165, 1.54) is 32.3 Å². The number of anilines is 2. The summed E-state index contributed by atoms with van der Waals surface area (Å²) < 4.78 is 42.4. The van der Waals surface area contributed by atoms with Crippen molar-refractivity contribution in [2.75, 3.05) is 17.2 Å². The highest BCUT2D eigenvalue weighted by atomic mass is 35.5. The van der Waals surface area contributed by atoms with Crippen molar-refractivity contribution in [1.29, 1.82) is 5.26 Å². The minimum Gasteiger partial charge on any atom is -0.383 e. The first-order valence-electron chi connectivity index (χ1n) is 12.6. The number of nitrogens with zero attached hydrogens (tertiary/aromatic N) is 6. The molecule has 4 aromatic rings. The fraction of sp³-hybridized carbons (Fsp3) is 0.393. The third kappa shape index (κ3) is 5.97. The molecule has 3 aromatic heterocycles. The summed E-state index contributed by atoms with van der Waals surface area (Å²) in [7, 11) is 0. The van der Waals surface area contributed by atoms with Crippen LogP contribution in [0.1, 0.15) is 63.2 Å². The van der Waals surface area contributed by atoms with Gasteiger partial charge in [0.25, 0.3) is 6.43 Å². The Balaban J connectivity index is 1.85. The number of rotatable bonds is 8. The van der Waals surface area contributed by atoms with Gasteiger partial charge in [-0.2, -0.15) is 9.65 Å². The Bertz CT molecular complexity index is 1590. The number of pyridine rings is 2. The molecule has 0 aliphatic carbocycles. The second kappa shape index (κ2) is 10.9. The second-order valence-corrected chi connectivity index (χ2v) is 11.8. The molecule has 12 heteroatoms. The van der Waals surface area contributed by atoms with E-state index in [0.717, 1.165) is 4.68 Å². The van der Waals surface area contributed by atoms with Crippen LogP contribution in [0.3, 0.4) is 0 Å². The maximum absolute atomic E-state index is 13.9. The topological polar surface area (TPSA) is 104 Å². The zero-order valence-electron chi connectivity index (χ0n) is 23.0. The highest BCUT2D eigenvalue weighted by Crippen LogP contribution is 2.36. The largest absolute Gasteiger partial charge is 0.383 e. The summed E-state index contributed by atoms with van der Waals surface area (Å²) in [6.45, 7) is 11.2. The fourth-order valence-corrected chi connectivity index (χ4v) is 4.35. The van der Waals surface area contributed by atoms with Crippen molar-refractivity contribution in [2.45, 2.75) is 59.5 Å². The monoisotopic (exact) mass is 570 g/mol. The van der Waals surface area contributed by atoms with E-state index in [0.29, 0.717) is 56.4 Å². The van der Waals surface area contributed by atoms with E-state index >= 15 is 0 Å². The van der Waals surface area contributed by atoms with E-state index in [1.54, 1.807) is 25.1 Å².